The molecule has 1 heterocycles. The molecule has 0 aromatic heterocycles. The summed E-state index contributed by atoms with van der Waals surface area (Å²) in [7, 11) is 0. The van der Waals surface area contributed by atoms with Crippen LogP contribution in [0.2, 0.25) is 0 Å². The fourth-order valence-corrected chi connectivity index (χ4v) is 3.94. The minimum atomic E-state index is 0.374. The molecule has 1 unspecified atom stereocenters. The van der Waals surface area contributed by atoms with Gasteiger partial charge in [0.05, 0.1) is 0 Å². The lowest BCUT2D eigenvalue weighted by Gasteiger charge is -2.41. The summed E-state index contributed by atoms with van der Waals surface area (Å²) in [5, 5.41) is 0. The summed E-state index contributed by atoms with van der Waals surface area (Å²) in [5.74, 6) is 0.951. The number of nitrogens with two attached hydrogens (primary N) is 1. The van der Waals surface area contributed by atoms with Gasteiger partial charge in [-0.3, -0.25) is 4.90 Å². The van der Waals surface area contributed by atoms with Crippen LogP contribution in [0.15, 0.2) is 0 Å². The smallest absolute Gasteiger partial charge is 0.0331 e. The lowest BCUT2D eigenvalue weighted by Crippen LogP contribution is -2.52. The van der Waals surface area contributed by atoms with E-state index in [1.807, 2.05) is 0 Å². The second-order valence-electron chi connectivity index (χ2n) is 6.23. The summed E-state index contributed by atoms with van der Waals surface area (Å²) in [6.07, 6.45) is 12.5. The van der Waals surface area contributed by atoms with Gasteiger partial charge in [-0.2, -0.15) is 0 Å². The molecule has 1 saturated heterocycles. The van der Waals surface area contributed by atoms with Gasteiger partial charge in [-0.25, -0.2) is 0 Å². The molecule has 2 fully saturated rings. The van der Waals surface area contributed by atoms with Crippen LogP contribution in [0.4, 0.5) is 0 Å². The molecule has 17 heavy (non-hydrogen) atoms. The maximum Gasteiger partial charge on any atom is 0.0331 e. The van der Waals surface area contributed by atoms with Crippen LogP contribution >= 0.6 is 0 Å². The van der Waals surface area contributed by atoms with E-state index in [4.69, 9.17) is 5.73 Å². The molecule has 2 rings (SSSR count). The van der Waals surface area contributed by atoms with E-state index in [1.165, 1.54) is 70.9 Å². The SMILES string of the molecule is CCCC1CCN(C2(CN)CCCCCC2)C1. The summed E-state index contributed by atoms with van der Waals surface area (Å²) in [6, 6.07) is 0. The molecular weight excluding hydrogens is 208 g/mol. The van der Waals surface area contributed by atoms with Crippen LogP contribution in [0.5, 0.6) is 0 Å². The first-order valence-electron chi connectivity index (χ1n) is 7.76. The average molecular weight is 238 g/mol. The predicted molar refractivity (Wildman–Crippen MR) is 74.1 cm³/mol. The van der Waals surface area contributed by atoms with Gasteiger partial charge in [0.15, 0.2) is 0 Å². The van der Waals surface area contributed by atoms with Gasteiger partial charge in [-0.05, 0) is 38.1 Å². The maximum absolute atomic E-state index is 6.17. The number of hydrogen-bond acceptors (Lipinski definition) is 2. The fraction of sp³-hybridized carbons (Fsp3) is 1.00. The van der Waals surface area contributed by atoms with Crippen LogP contribution in [-0.4, -0.2) is 30.1 Å². The maximum atomic E-state index is 6.17. The molecule has 2 nitrogen and oxygen atoms in total. The first kappa shape index (κ1) is 13.4. The predicted octanol–water partition coefficient (Wildman–Crippen LogP) is 3.16. The highest BCUT2D eigenvalue weighted by molar-refractivity contribution is 4.96. The second-order valence-corrected chi connectivity index (χ2v) is 6.23. The van der Waals surface area contributed by atoms with E-state index in [0.717, 1.165) is 12.5 Å². The van der Waals surface area contributed by atoms with E-state index >= 15 is 0 Å². The highest BCUT2D eigenvalue weighted by Gasteiger charge is 2.39. The van der Waals surface area contributed by atoms with Crippen molar-refractivity contribution < 1.29 is 0 Å². The molecule has 0 aromatic carbocycles. The Hall–Kier alpha value is -0.0800. The number of rotatable bonds is 4. The molecule has 2 heteroatoms. The lowest BCUT2D eigenvalue weighted by molar-refractivity contribution is 0.100. The number of hydrogen-bond donors (Lipinski definition) is 1. The van der Waals surface area contributed by atoms with Gasteiger partial charge in [0.25, 0.3) is 0 Å². The Labute approximate surface area is 107 Å². The van der Waals surface area contributed by atoms with E-state index in [-0.39, 0.29) is 0 Å². The number of nitrogens with zero attached hydrogens (tertiary/aromatic N) is 1. The zero-order valence-electron chi connectivity index (χ0n) is 11.6. The Morgan fingerprint density at radius 3 is 2.47 bits per heavy atom. The van der Waals surface area contributed by atoms with Gasteiger partial charge in [0.1, 0.15) is 0 Å². The quantitative estimate of drug-likeness (QED) is 0.762. The van der Waals surface area contributed by atoms with Crippen LogP contribution in [0, 0.1) is 5.92 Å². The van der Waals surface area contributed by atoms with Crippen LogP contribution in [0.3, 0.4) is 0 Å². The summed E-state index contributed by atoms with van der Waals surface area (Å²) < 4.78 is 0. The van der Waals surface area contributed by atoms with E-state index < -0.39 is 0 Å². The molecular formula is C15H30N2. The standard InChI is InChI=1S/C15H30N2/c1-2-7-14-8-11-17(12-14)15(13-16)9-5-3-4-6-10-15/h14H,2-13,16H2,1H3. The largest absolute Gasteiger partial charge is 0.329 e. The van der Waals surface area contributed by atoms with Crippen molar-refractivity contribution in [3.63, 3.8) is 0 Å². The van der Waals surface area contributed by atoms with Gasteiger partial charge in [0, 0.05) is 18.6 Å². The fourth-order valence-electron chi connectivity index (χ4n) is 3.94. The highest BCUT2D eigenvalue weighted by Crippen LogP contribution is 2.36. The first-order chi connectivity index (χ1) is 8.30. The molecule has 2 aliphatic rings. The molecule has 1 atom stereocenters. The third kappa shape index (κ3) is 3.03. The van der Waals surface area contributed by atoms with Crippen LogP contribution in [0.25, 0.3) is 0 Å². The summed E-state index contributed by atoms with van der Waals surface area (Å²) in [4.78, 5) is 2.76. The van der Waals surface area contributed by atoms with Crippen molar-refractivity contribution in [3.8, 4) is 0 Å². The Balaban J connectivity index is 1.97. The molecule has 0 amide bonds. The van der Waals surface area contributed by atoms with Crippen molar-refractivity contribution >= 4 is 0 Å². The van der Waals surface area contributed by atoms with Crippen molar-refractivity contribution in [3.05, 3.63) is 0 Å². The van der Waals surface area contributed by atoms with E-state index in [9.17, 15) is 0 Å². The third-order valence-electron chi connectivity index (χ3n) is 5.07. The van der Waals surface area contributed by atoms with Gasteiger partial charge in [-0.1, -0.05) is 39.0 Å². The molecule has 0 radical (unpaired) electrons. The summed E-state index contributed by atoms with van der Waals surface area (Å²) in [6.45, 7) is 5.83. The molecule has 2 N–H and O–H groups in total. The molecule has 0 spiro atoms. The van der Waals surface area contributed by atoms with Crippen LogP contribution in [0.1, 0.15) is 64.7 Å². The van der Waals surface area contributed by atoms with Crippen molar-refractivity contribution in [2.45, 2.75) is 70.3 Å². The average Bonchev–Trinajstić information content (AvgIpc) is 2.68. The van der Waals surface area contributed by atoms with Gasteiger partial charge >= 0.3 is 0 Å². The minimum absolute atomic E-state index is 0.374. The zero-order chi connectivity index (χ0) is 12.1. The van der Waals surface area contributed by atoms with E-state index in [0.29, 0.717) is 5.54 Å². The number of likely N-dealkylation sites (tertiary alicyclic amines) is 1. The van der Waals surface area contributed by atoms with Crippen LogP contribution < -0.4 is 5.73 Å². The summed E-state index contributed by atoms with van der Waals surface area (Å²) >= 11 is 0. The Kier molecular flexibility index (Phi) is 4.87. The first-order valence-corrected chi connectivity index (χ1v) is 7.76. The molecule has 100 valence electrons. The van der Waals surface area contributed by atoms with Crippen molar-refractivity contribution in [1.82, 2.24) is 4.90 Å². The minimum Gasteiger partial charge on any atom is -0.329 e. The second kappa shape index (κ2) is 6.19. The van der Waals surface area contributed by atoms with E-state index in [1.54, 1.807) is 0 Å². The van der Waals surface area contributed by atoms with Gasteiger partial charge in [-0.15, -0.1) is 0 Å². The topological polar surface area (TPSA) is 29.3 Å². The Morgan fingerprint density at radius 2 is 1.88 bits per heavy atom. The summed E-state index contributed by atoms with van der Waals surface area (Å²) in [5.41, 5.74) is 6.54. The van der Waals surface area contributed by atoms with Crippen molar-refractivity contribution in [2.75, 3.05) is 19.6 Å². The molecule has 0 aromatic rings. The Bertz CT molecular complexity index is 219. The highest BCUT2D eigenvalue weighted by atomic mass is 15.2. The zero-order valence-corrected chi connectivity index (χ0v) is 11.6. The Morgan fingerprint density at radius 1 is 1.18 bits per heavy atom. The molecule has 1 aliphatic heterocycles. The monoisotopic (exact) mass is 238 g/mol. The van der Waals surface area contributed by atoms with Gasteiger partial charge < -0.3 is 5.73 Å². The lowest BCUT2D eigenvalue weighted by atomic mass is 9.88. The van der Waals surface area contributed by atoms with E-state index in [2.05, 4.69) is 11.8 Å². The van der Waals surface area contributed by atoms with Crippen molar-refractivity contribution in [2.24, 2.45) is 11.7 Å². The molecule has 1 aliphatic carbocycles. The van der Waals surface area contributed by atoms with Gasteiger partial charge in [0.2, 0.25) is 0 Å². The molecule has 0 bridgehead atoms. The van der Waals surface area contributed by atoms with Crippen molar-refractivity contribution in [1.29, 1.82) is 0 Å². The molecule has 1 saturated carbocycles. The third-order valence-corrected chi connectivity index (χ3v) is 5.07. The van der Waals surface area contributed by atoms with Crippen LogP contribution in [-0.2, 0) is 0 Å². The normalized spacial score (nSPS) is 30.4.